The Hall–Kier alpha value is -0.820. The average molecular weight is 362 g/mol. The smallest absolute Gasteiger partial charge is 0.240 e. The van der Waals surface area contributed by atoms with Crippen LogP contribution in [-0.2, 0) is 10.0 Å². The van der Waals surface area contributed by atoms with Gasteiger partial charge in [0.15, 0.2) is 0 Å². The molecule has 2 rings (SSSR count). The third-order valence-corrected chi connectivity index (χ3v) is 5.98. The summed E-state index contributed by atoms with van der Waals surface area (Å²) in [6.07, 6.45) is 4.06. The number of nitrogens with two attached hydrogens (primary N) is 1. The highest BCUT2D eigenvalue weighted by atomic mass is 35.5. The SMILES string of the molecule is Cc1ccc(S(=O)(=O)NC2CCCCC2CN)cc1N(C)C.Cl. The summed E-state index contributed by atoms with van der Waals surface area (Å²) in [5, 5.41) is 0. The van der Waals surface area contributed by atoms with Crippen molar-refractivity contribution in [2.75, 3.05) is 25.5 Å². The van der Waals surface area contributed by atoms with Gasteiger partial charge in [0, 0.05) is 25.8 Å². The topological polar surface area (TPSA) is 75.4 Å². The molecule has 0 aromatic heterocycles. The van der Waals surface area contributed by atoms with Crippen molar-refractivity contribution in [3.63, 3.8) is 0 Å². The van der Waals surface area contributed by atoms with Crippen LogP contribution in [0.5, 0.6) is 0 Å². The maximum Gasteiger partial charge on any atom is 0.240 e. The summed E-state index contributed by atoms with van der Waals surface area (Å²) in [5.74, 6) is 0.238. The predicted octanol–water partition coefficient (Wildman–Crippen LogP) is 2.28. The fraction of sp³-hybridized carbons (Fsp3) is 0.625. The van der Waals surface area contributed by atoms with Crippen molar-refractivity contribution >= 4 is 28.1 Å². The Labute approximate surface area is 146 Å². The first kappa shape index (κ1) is 20.2. The van der Waals surface area contributed by atoms with Crippen LogP contribution >= 0.6 is 12.4 Å². The van der Waals surface area contributed by atoms with E-state index in [-0.39, 0.29) is 24.4 Å². The molecule has 0 amide bonds. The molecule has 2 atom stereocenters. The van der Waals surface area contributed by atoms with Gasteiger partial charge in [-0.15, -0.1) is 12.4 Å². The lowest BCUT2D eigenvalue weighted by Gasteiger charge is -2.31. The number of anilines is 1. The molecule has 2 unspecified atom stereocenters. The Morgan fingerprint density at radius 1 is 1.26 bits per heavy atom. The zero-order chi connectivity index (χ0) is 16.3. The first-order chi connectivity index (χ1) is 10.3. The fourth-order valence-electron chi connectivity index (χ4n) is 3.15. The summed E-state index contributed by atoms with van der Waals surface area (Å²) >= 11 is 0. The van der Waals surface area contributed by atoms with Crippen LogP contribution in [0.15, 0.2) is 23.1 Å². The Balaban J connectivity index is 0.00000264. The maximum absolute atomic E-state index is 12.7. The molecular weight excluding hydrogens is 334 g/mol. The number of rotatable bonds is 5. The first-order valence-corrected chi connectivity index (χ1v) is 9.34. The van der Waals surface area contributed by atoms with E-state index in [9.17, 15) is 8.42 Å². The standard InChI is InChI=1S/C16H27N3O2S.ClH/c1-12-8-9-14(10-16(12)19(2)3)22(20,21)18-15-7-5-4-6-13(15)11-17;/h8-10,13,15,18H,4-7,11,17H2,1-3H3;1H. The zero-order valence-electron chi connectivity index (χ0n) is 14.1. The van der Waals surface area contributed by atoms with Crippen LogP contribution in [0.1, 0.15) is 31.2 Å². The van der Waals surface area contributed by atoms with Crippen LogP contribution in [0.2, 0.25) is 0 Å². The Morgan fingerprint density at radius 3 is 2.52 bits per heavy atom. The molecule has 0 radical (unpaired) electrons. The zero-order valence-corrected chi connectivity index (χ0v) is 15.7. The highest BCUT2D eigenvalue weighted by molar-refractivity contribution is 7.89. The van der Waals surface area contributed by atoms with Gasteiger partial charge < -0.3 is 10.6 Å². The van der Waals surface area contributed by atoms with Crippen molar-refractivity contribution in [1.29, 1.82) is 0 Å². The molecule has 1 aliphatic rings. The summed E-state index contributed by atoms with van der Waals surface area (Å²) in [6, 6.07) is 5.21. The second kappa shape index (κ2) is 8.33. The van der Waals surface area contributed by atoms with Gasteiger partial charge in [-0.2, -0.15) is 0 Å². The number of hydrogen-bond donors (Lipinski definition) is 2. The van der Waals surface area contributed by atoms with Crippen molar-refractivity contribution in [2.24, 2.45) is 11.7 Å². The number of nitrogens with one attached hydrogen (secondary N) is 1. The number of nitrogens with zero attached hydrogens (tertiary/aromatic N) is 1. The number of hydrogen-bond acceptors (Lipinski definition) is 4. The molecule has 23 heavy (non-hydrogen) atoms. The lowest BCUT2D eigenvalue weighted by atomic mass is 9.85. The molecule has 0 saturated heterocycles. The highest BCUT2D eigenvalue weighted by Crippen LogP contribution is 2.27. The first-order valence-electron chi connectivity index (χ1n) is 7.85. The molecule has 1 aromatic rings. The molecule has 1 aromatic carbocycles. The maximum atomic E-state index is 12.7. The van der Waals surface area contributed by atoms with E-state index in [1.807, 2.05) is 32.0 Å². The van der Waals surface area contributed by atoms with Gasteiger partial charge in [0.2, 0.25) is 10.0 Å². The van der Waals surface area contributed by atoms with Crippen molar-refractivity contribution in [3.05, 3.63) is 23.8 Å². The van der Waals surface area contributed by atoms with Gasteiger partial charge in [0.25, 0.3) is 0 Å². The average Bonchev–Trinajstić information content (AvgIpc) is 2.47. The van der Waals surface area contributed by atoms with E-state index in [1.54, 1.807) is 12.1 Å². The minimum absolute atomic E-state index is 0. The van der Waals surface area contributed by atoms with E-state index >= 15 is 0 Å². The highest BCUT2D eigenvalue weighted by Gasteiger charge is 2.28. The van der Waals surface area contributed by atoms with Gasteiger partial charge in [0.05, 0.1) is 4.90 Å². The molecule has 132 valence electrons. The third-order valence-electron chi connectivity index (χ3n) is 4.49. The molecule has 7 heteroatoms. The molecule has 0 aliphatic heterocycles. The van der Waals surface area contributed by atoms with Crippen LogP contribution in [0, 0.1) is 12.8 Å². The Morgan fingerprint density at radius 2 is 1.91 bits per heavy atom. The van der Waals surface area contributed by atoms with Crippen LogP contribution in [0.3, 0.4) is 0 Å². The normalized spacial score (nSPS) is 21.6. The Bertz CT molecular complexity index is 620. The van der Waals surface area contributed by atoms with Gasteiger partial charge in [0.1, 0.15) is 0 Å². The van der Waals surface area contributed by atoms with E-state index in [0.717, 1.165) is 36.9 Å². The van der Waals surface area contributed by atoms with Gasteiger partial charge >= 0.3 is 0 Å². The number of aryl methyl sites for hydroxylation is 1. The fourth-order valence-corrected chi connectivity index (χ4v) is 4.51. The molecule has 1 saturated carbocycles. The van der Waals surface area contributed by atoms with Crippen molar-refractivity contribution in [2.45, 2.75) is 43.5 Å². The van der Waals surface area contributed by atoms with Crippen LogP contribution < -0.4 is 15.4 Å². The Kier molecular flexibility index (Phi) is 7.32. The minimum atomic E-state index is -3.51. The van der Waals surface area contributed by atoms with E-state index in [0.29, 0.717) is 11.4 Å². The number of halogens is 1. The van der Waals surface area contributed by atoms with Crippen molar-refractivity contribution in [1.82, 2.24) is 4.72 Å². The molecule has 1 aliphatic carbocycles. The van der Waals surface area contributed by atoms with Gasteiger partial charge in [-0.1, -0.05) is 18.9 Å². The summed E-state index contributed by atoms with van der Waals surface area (Å²) in [6.45, 7) is 2.51. The van der Waals surface area contributed by atoms with Crippen molar-refractivity contribution in [3.8, 4) is 0 Å². The third kappa shape index (κ3) is 4.83. The van der Waals surface area contributed by atoms with E-state index < -0.39 is 10.0 Å². The molecule has 0 heterocycles. The van der Waals surface area contributed by atoms with Crippen LogP contribution in [0.4, 0.5) is 5.69 Å². The van der Waals surface area contributed by atoms with E-state index in [2.05, 4.69) is 4.72 Å². The van der Waals surface area contributed by atoms with E-state index in [1.165, 1.54) is 0 Å². The lowest BCUT2D eigenvalue weighted by Crippen LogP contribution is -2.44. The van der Waals surface area contributed by atoms with E-state index in [4.69, 9.17) is 5.73 Å². The molecular formula is C16H28ClN3O2S. The molecule has 0 spiro atoms. The molecule has 3 N–H and O–H groups in total. The second-order valence-electron chi connectivity index (χ2n) is 6.35. The number of benzene rings is 1. The largest absolute Gasteiger partial charge is 0.377 e. The lowest BCUT2D eigenvalue weighted by molar-refractivity contribution is 0.296. The molecule has 1 fully saturated rings. The minimum Gasteiger partial charge on any atom is -0.377 e. The summed E-state index contributed by atoms with van der Waals surface area (Å²) in [5.41, 5.74) is 7.77. The predicted molar refractivity (Wildman–Crippen MR) is 97.9 cm³/mol. The second-order valence-corrected chi connectivity index (χ2v) is 8.06. The summed E-state index contributed by atoms with van der Waals surface area (Å²) < 4.78 is 28.2. The number of sulfonamides is 1. The molecule has 5 nitrogen and oxygen atoms in total. The van der Waals surface area contributed by atoms with Gasteiger partial charge in [-0.05, 0) is 49.9 Å². The molecule has 0 bridgehead atoms. The summed E-state index contributed by atoms with van der Waals surface area (Å²) in [7, 11) is 0.321. The van der Waals surface area contributed by atoms with Crippen LogP contribution in [0.25, 0.3) is 0 Å². The quantitative estimate of drug-likeness (QED) is 0.843. The summed E-state index contributed by atoms with van der Waals surface area (Å²) in [4.78, 5) is 2.25. The van der Waals surface area contributed by atoms with Crippen LogP contribution in [-0.4, -0.2) is 35.1 Å². The van der Waals surface area contributed by atoms with Gasteiger partial charge in [-0.3, -0.25) is 0 Å². The monoisotopic (exact) mass is 361 g/mol. The van der Waals surface area contributed by atoms with Gasteiger partial charge in [-0.25, -0.2) is 13.1 Å². The van der Waals surface area contributed by atoms with Crippen molar-refractivity contribution < 1.29 is 8.42 Å².